The molecule has 9 heteroatoms. The summed E-state index contributed by atoms with van der Waals surface area (Å²) in [6.07, 6.45) is 1.43. The molecule has 0 aliphatic carbocycles. The fraction of sp³-hybridized carbons (Fsp3) is 0.0625. The first kappa shape index (κ1) is 26.9. The van der Waals surface area contributed by atoms with Gasteiger partial charge in [-0.3, -0.25) is 14.4 Å². The number of carbonyl (C=O) groups is 4. The highest BCUT2D eigenvalue weighted by Crippen LogP contribution is 2.30. The van der Waals surface area contributed by atoms with E-state index in [4.69, 9.17) is 9.47 Å². The first-order chi connectivity index (χ1) is 20.0. The van der Waals surface area contributed by atoms with Gasteiger partial charge in [0.25, 0.3) is 17.7 Å². The van der Waals surface area contributed by atoms with E-state index in [1.54, 1.807) is 109 Å². The SMILES string of the molecule is COc1ccccc1NC(=O)COc1ccc(C=C2C(=O)N(c3ccccc3)C(=O)N(c3ccccc3)C2=O)cc1. The van der Waals surface area contributed by atoms with Crippen molar-refractivity contribution in [2.45, 2.75) is 0 Å². The third-order valence-corrected chi connectivity index (χ3v) is 6.22. The molecule has 41 heavy (non-hydrogen) atoms. The van der Waals surface area contributed by atoms with E-state index in [1.807, 2.05) is 0 Å². The predicted octanol–water partition coefficient (Wildman–Crippen LogP) is 5.30. The van der Waals surface area contributed by atoms with Crippen LogP contribution in [-0.4, -0.2) is 37.5 Å². The number of urea groups is 1. The van der Waals surface area contributed by atoms with Gasteiger partial charge in [-0.15, -0.1) is 0 Å². The lowest BCUT2D eigenvalue weighted by Crippen LogP contribution is -2.57. The Balaban J connectivity index is 1.35. The molecule has 1 N–H and O–H groups in total. The molecule has 0 spiro atoms. The maximum Gasteiger partial charge on any atom is 0.343 e. The molecule has 204 valence electrons. The van der Waals surface area contributed by atoms with Crippen molar-refractivity contribution in [1.82, 2.24) is 0 Å². The number of amides is 5. The molecule has 1 aliphatic heterocycles. The van der Waals surface area contributed by atoms with Crippen molar-refractivity contribution in [3.63, 3.8) is 0 Å². The number of hydrogen-bond acceptors (Lipinski definition) is 6. The standard InChI is InChI=1S/C32H25N3O6/c1-40-28-15-9-8-14-27(28)33-29(36)21-41-25-18-16-22(17-19-25)20-26-30(37)34(23-10-4-2-5-11-23)32(39)35(31(26)38)24-12-6-3-7-13-24/h2-20H,21H2,1H3,(H,33,36). The Morgan fingerprint density at radius 2 is 1.27 bits per heavy atom. The highest BCUT2D eigenvalue weighted by Gasteiger charge is 2.43. The van der Waals surface area contributed by atoms with Crippen molar-refractivity contribution < 1.29 is 28.7 Å². The molecular formula is C32H25N3O6. The van der Waals surface area contributed by atoms with Gasteiger partial charge in [0.15, 0.2) is 6.61 Å². The Hall–Kier alpha value is -5.70. The minimum absolute atomic E-state index is 0.179. The van der Waals surface area contributed by atoms with Crippen molar-refractivity contribution in [1.29, 1.82) is 0 Å². The number of anilines is 3. The summed E-state index contributed by atoms with van der Waals surface area (Å²) in [6, 6.07) is 29.7. The second-order valence-corrected chi connectivity index (χ2v) is 8.90. The minimum Gasteiger partial charge on any atom is -0.495 e. The highest BCUT2D eigenvalue weighted by molar-refractivity contribution is 6.46. The summed E-state index contributed by atoms with van der Waals surface area (Å²) in [5.74, 6) is -0.886. The summed E-state index contributed by atoms with van der Waals surface area (Å²) < 4.78 is 10.8. The summed E-state index contributed by atoms with van der Waals surface area (Å²) in [5.41, 5.74) is 1.57. The van der Waals surface area contributed by atoms with Gasteiger partial charge >= 0.3 is 6.03 Å². The lowest BCUT2D eigenvalue weighted by molar-refractivity contribution is -0.121. The summed E-state index contributed by atoms with van der Waals surface area (Å²) in [5, 5.41) is 2.74. The van der Waals surface area contributed by atoms with Crippen LogP contribution in [0.25, 0.3) is 6.08 Å². The number of ether oxygens (including phenoxy) is 2. The average Bonchev–Trinajstić information content (AvgIpc) is 3.00. The number of hydrogen-bond donors (Lipinski definition) is 1. The fourth-order valence-corrected chi connectivity index (χ4v) is 4.25. The predicted molar refractivity (Wildman–Crippen MR) is 155 cm³/mol. The molecule has 1 aliphatic rings. The largest absolute Gasteiger partial charge is 0.495 e. The van der Waals surface area contributed by atoms with E-state index in [0.717, 1.165) is 9.80 Å². The van der Waals surface area contributed by atoms with Gasteiger partial charge in [0.05, 0.1) is 24.2 Å². The van der Waals surface area contributed by atoms with Crippen LogP contribution in [0.4, 0.5) is 21.9 Å². The van der Waals surface area contributed by atoms with E-state index in [1.165, 1.54) is 13.2 Å². The van der Waals surface area contributed by atoms with E-state index >= 15 is 0 Å². The van der Waals surface area contributed by atoms with Gasteiger partial charge in [-0.2, -0.15) is 0 Å². The van der Waals surface area contributed by atoms with Crippen molar-refractivity contribution in [2.24, 2.45) is 0 Å². The normalized spacial score (nSPS) is 13.2. The molecule has 4 aromatic carbocycles. The van der Waals surface area contributed by atoms with Crippen molar-refractivity contribution in [3.05, 3.63) is 120 Å². The molecule has 9 nitrogen and oxygen atoms in total. The molecule has 5 amide bonds. The molecule has 0 atom stereocenters. The minimum atomic E-state index is -0.760. The number of para-hydroxylation sites is 4. The third-order valence-electron chi connectivity index (χ3n) is 6.22. The van der Waals surface area contributed by atoms with Crippen LogP contribution in [0, 0.1) is 0 Å². The van der Waals surface area contributed by atoms with Gasteiger partial charge < -0.3 is 14.8 Å². The van der Waals surface area contributed by atoms with Crippen molar-refractivity contribution in [2.75, 3.05) is 28.8 Å². The molecule has 5 rings (SSSR count). The van der Waals surface area contributed by atoms with Crippen LogP contribution >= 0.6 is 0 Å². The quantitative estimate of drug-likeness (QED) is 0.237. The van der Waals surface area contributed by atoms with Crippen LogP contribution in [0.15, 0.2) is 115 Å². The Labute approximate surface area is 236 Å². The summed E-state index contributed by atoms with van der Waals surface area (Å²) in [7, 11) is 1.52. The molecule has 0 bridgehead atoms. The summed E-state index contributed by atoms with van der Waals surface area (Å²) in [4.78, 5) is 54.7. The van der Waals surface area contributed by atoms with Crippen LogP contribution in [0.3, 0.4) is 0 Å². The zero-order chi connectivity index (χ0) is 28.8. The number of barbiturate groups is 1. The van der Waals surface area contributed by atoms with E-state index in [2.05, 4.69) is 5.32 Å². The second-order valence-electron chi connectivity index (χ2n) is 8.90. The molecule has 4 aromatic rings. The Bertz CT molecular complexity index is 1560. The Morgan fingerprint density at radius 1 is 0.732 bits per heavy atom. The maximum atomic E-state index is 13.5. The number of imide groups is 2. The number of nitrogens with zero attached hydrogens (tertiary/aromatic N) is 2. The van der Waals surface area contributed by atoms with Crippen LogP contribution in [0.5, 0.6) is 11.5 Å². The molecule has 1 heterocycles. The van der Waals surface area contributed by atoms with Crippen molar-refractivity contribution in [3.8, 4) is 11.5 Å². The molecule has 1 saturated heterocycles. The van der Waals surface area contributed by atoms with Crippen LogP contribution in [0.2, 0.25) is 0 Å². The summed E-state index contributed by atoms with van der Waals surface area (Å²) in [6.45, 7) is -0.240. The van der Waals surface area contributed by atoms with E-state index in [9.17, 15) is 19.2 Å². The molecule has 0 saturated carbocycles. The molecule has 1 fully saturated rings. The number of methoxy groups -OCH3 is 1. The topological polar surface area (TPSA) is 105 Å². The lowest BCUT2D eigenvalue weighted by Gasteiger charge is -2.33. The zero-order valence-corrected chi connectivity index (χ0v) is 22.0. The first-order valence-corrected chi connectivity index (χ1v) is 12.7. The molecule has 0 unspecified atom stereocenters. The molecule has 0 radical (unpaired) electrons. The van der Waals surface area contributed by atoms with Crippen LogP contribution < -0.4 is 24.6 Å². The number of rotatable bonds is 8. The maximum absolute atomic E-state index is 13.5. The van der Waals surface area contributed by atoms with Crippen LogP contribution in [-0.2, 0) is 14.4 Å². The highest BCUT2D eigenvalue weighted by atomic mass is 16.5. The van der Waals surface area contributed by atoms with Gasteiger partial charge in [0, 0.05) is 0 Å². The third kappa shape index (κ3) is 5.84. The van der Waals surface area contributed by atoms with Crippen LogP contribution in [0.1, 0.15) is 5.56 Å². The van der Waals surface area contributed by atoms with E-state index in [-0.39, 0.29) is 18.1 Å². The second kappa shape index (κ2) is 12.0. The van der Waals surface area contributed by atoms with Gasteiger partial charge in [0.2, 0.25) is 0 Å². The Kier molecular flexibility index (Phi) is 7.87. The van der Waals surface area contributed by atoms with Gasteiger partial charge in [0.1, 0.15) is 17.1 Å². The average molecular weight is 548 g/mol. The van der Waals surface area contributed by atoms with Gasteiger partial charge in [-0.05, 0) is 60.2 Å². The number of benzene rings is 4. The van der Waals surface area contributed by atoms with Gasteiger partial charge in [-0.1, -0.05) is 60.7 Å². The number of carbonyl (C=O) groups excluding carboxylic acids is 4. The van der Waals surface area contributed by atoms with E-state index in [0.29, 0.717) is 34.1 Å². The summed E-state index contributed by atoms with van der Waals surface area (Å²) >= 11 is 0. The fourth-order valence-electron chi connectivity index (χ4n) is 4.25. The molecule has 0 aromatic heterocycles. The lowest BCUT2D eigenvalue weighted by atomic mass is 10.0. The monoisotopic (exact) mass is 547 g/mol. The smallest absolute Gasteiger partial charge is 0.343 e. The van der Waals surface area contributed by atoms with E-state index < -0.39 is 17.8 Å². The first-order valence-electron chi connectivity index (χ1n) is 12.7. The number of nitrogens with one attached hydrogen (secondary N) is 1. The zero-order valence-electron chi connectivity index (χ0n) is 22.0. The van der Waals surface area contributed by atoms with Crippen molar-refractivity contribution >= 4 is 46.9 Å². The molecular weight excluding hydrogens is 522 g/mol. The van der Waals surface area contributed by atoms with Gasteiger partial charge in [-0.25, -0.2) is 14.6 Å². The Morgan fingerprint density at radius 3 is 1.83 bits per heavy atom.